The van der Waals surface area contributed by atoms with Gasteiger partial charge in [-0.25, -0.2) is 9.29 Å². The van der Waals surface area contributed by atoms with Gasteiger partial charge in [-0.05, 0) is 55.3 Å². The maximum Gasteiger partial charge on any atom is 0.282 e. The molecule has 0 saturated heterocycles. The topological polar surface area (TPSA) is 49.9 Å². The molecule has 168 valence electrons. The van der Waals surface area contributed by atoms with Crippen LogP contribution >= 0.6 is 0 Å². The van der Waals surface area contributed by atoms with Crippen LogP contribution in [-0.4, -0.2) is 25.0 Å². The van der Waals surface area contributed by atoms with Crippen molar-refractivity contribution in [3.05, 3.63) is 95.9 Å². The van der Waals surface area contributed by atoms with Crippen molar-refractivity contribution in [2.75, 3.05) is 23.0 Å². The number of benzene rings is 3. The van der Waals surface area contributed by atoms with Gasteiger partial charge in [0.1, 0.15) is 17.3 Å². The Morgan fingerprint density at radius 2 is 1.52 bits per heavy atom. The van der Waals surface area contributed by atoms with Crippen molar-refractivity contribution < 1.29 is 18.7 Å². The molecular weight excluding hydrogens is 419 g/mol. The van der Waals surface area contributed by atoms with Crippen LogP contribution in [-0.2, 0) is 9.59 Å². The summed E-state index contributed by atoms with van der Waals surface area (Å²) in [6.07, 6.45) is 0.790. The highest BCUT2D eigenvalue weighted by molar-refractivity contribution is 6.46. The van der Waals surface area contributed by atoms with E-state index >= 15 is 0 Å². The number of ether oxygens (including phenoxy) is 1. The van der Waals surface area contributed by atoms with Crippen LogP contribution in [0.1, 0.15) is 25.8 Å². The Balaban J connectivity index is 1.88. The second-order valence-corrected chi connectivity index (χ2v) is 7.57. The molecule has 0 fully saturated rings. The largest absolute Gasteiger partial charge is 0.491 e. The molecule has 2 amide bonds. The molecule has 6 heteroatoms. The van der Waals surface area contributed by atoms with E-state index in [0.29, 0.717) is 30.2 Å². The normalized spacial score (nSPS) is 13.6. The fourth-order valence-corrected chi connectivity index (χ4v) is 3.92. The van der Waals surface area contributed by atoms with Crippen LogP contribution in [0, 0.1) is 5.82 Å². The average molecular weight is 445 g/mol. The highest BCUT2D eigenvalue weighted by Gasteiger charge is 2.43. The van der Waals surface area contributed by atoms with E-state index in [1.165, 1.54) is 24.3 Å². The minimum absolute atomic E-state index is 0.232. The van der Waals surface area contributed by atoms with E-state index in [-0.39, 0.29) is 11.3 Å². The highest BCUT2D eigenvalue weighted by atomic mass is 19.1. The summed E-state index contributed by atoms with van der Waals surface area (Å²) in [6, 6.07) is 22.1. The van der Waals surface area contributed by atoms with Gasteiger partial charge in [0, 0.05) is 12.2 Å². The van der Waals surface area contributed by atoms with E-state index in [2.05, 4.69) is 0 Å². The SMILES string of the molecule is CCCOc1ccccc1N1C(=O)C(c2ccc(F)cc2)=C(N(CC)c2ccccc2)C1=O. The highest BCUT2D eigenvalue weighted by Crippen LogP contribution is 2.39. The summed E-state index contributed by atoms with van der Waals surface area (Å²) in [5.41, 5.74) is 2.14. The van der Waals surface area contributed by atoms with Gasteiger partial charge in [0.2, 0.25) is 0 Å². The van der Waals surface area contributed by atoms with Crippen LogP contribution in [0.2, 0.25) is 0 Å². The second kappa shape index (κ2) is 9.69. The first-order valence-corrected chi connectivity index (χ1v) is 11.0. The molecule has 0 aliphatic carbocycles. The molecule has 0 spiro atoms. The van der Waals surface area contributed by atoms with Crippen molar-refractivity contribution >= 4 is 28.8 Å². The number of imide groups is 1. The minimum Gasteiger partial charge on any atom is -0.491 e. The van der Waals surface area contributed by atoms with E-state index in [4.69, 9.17) is 4.74 Å². The summed E-state index contributed by atoms with van der Waals surface area (Å²) >= 11 is 0. The van der Waals surface area contributed by atoms with Gasteiger partial charge >= 0.3 is 0 Å². The molecule has 0 bridgehead atoms. The molecule has 0 aromatic heterocycles. The average Bonchev–Trinajstić information content (AvgIpc) is 3.09. The fourth-order valence-electron chi connectivity index (χ4n) is 3.92. The van der Waals surface area contributed by atoms with Crippen LogP contribution in [0.4, 0.5) is 15.8 Å². The van der Waals surface area contributed by atoms with Crippen LogP contribution < -0.4 is 14.5 Å². The van der Waals surface area contributed by atoms with E-state index in [1.807, 2.05) is 49.1 Å². The van der Waals surface area contributed by atoms with Gasteiger partial charge in [-0.1, -0.05) is 49.4 Å². The first-order valence-electron chi connectivity index (χ1n) is 11.0. The molecule has 33 heavy (non-hydrogen) atoms. The zero-order valence-corrected chi connectivity index (χ0v) is 18.6. The number of hydrogen-bond acceptors (Lipinski definition) is 4. The predicted octanol–water partition coefficient (Wildman–Crippen LogP) is 5.43. The third kappa shape index (κ3) is 4.24. The maximum absolute atomic E-state index is 13.8. The molecule has 3 aromatic rings. The molecule has 4 rings (SSSR count). The summed E-state index contributed by atoms with van der Waals surface area (Å²) in [5, 5.41) is 0. The zero-order chi connectivity index (χ0) is 23.4. The van der Waals surface area contributed by atoms with Gasteiger partial charge in [-0.2, -0.15) is 0 Å². The molecule has 0 saturated carbocycles. The number of anilines is 2. The number of hydrogen-bond donors (Lipinski definition) is 0. The second-order valence-electron chi connectivity index (χ2n) is 7.57. The Kier molecular flexibility index (Phi) is 6.54. The number of carbonyl (C=O) groups excluding carboxylic acids is 2. The Hall–Kier alpha value is -3.93. The summed E-state index contributed by atoms with van der Waals surface area (Å²) in [6.45, 7) is 4.83. The third-order valence-electron chi connectivity index (χ3n) is 5.41. The molecule has 1 aliphatic rings. The Morgan fingerprint density at radius 3 is 2.18 bits per heavy atom. The lowest BCUT2D eigenvalue weighted by Gasteiger charge is -2.25. The number of carbonyl (C=O) groups is 2. The van der Waals surface area contributed by atoms with E-state index in [0.717, 1.165) is 17.0 Å². The fraction of sp³-hybridized carbons (Fsp3) is 0.185. The molecule has 3 aromatic carbocycles. The Bertz CT molecular complexity index is 1190. The van der Waals surface area contributed by atoms with Gasteiger partial charge < -0.3 is 9.64 Å². The molecule has 1 aliphatic heterocycles. The summed E-state index contributed by atoms with van der Waals surface area (Å²) in [7, 11) is 0. The molecule has 5 nitrogen and oxygen atoms in total. The van der Waals surface area contributed by atoms with Crippen LogP contribution in [0.3, 0.4) is 0 Å². The summed E-state index contributed by atoms with van der Waals surface area (Å²) < 4.78 is 19.5. The number of amides is 2. The Morgan fingerprint density at radius 1 is 0.848 bits per heavy atom. The van der Waals surface area contributed by atoms with Gasteiger partial charge in [-0.15, -0.1) is 0 Å². The van der Waals surface area contributed by atoms with E-state index < -0.39 is 17.6 Å². The molecule has 1 heterocycles. The lowest BCUT2D eigenvalue weighted by atomic mass is 10.0. The number of nitrogens with zero attached hydrogens (tertiary/aromatic N) is 2. The standard InChI is InChI=1S/C27H25FN2O3/c1-3-18-33-23-13-9-8-12-22(23)30-26(31)24(19-14-16-20(28)17-15-19)25(27(30)32)29(4-2)21-10-6-5-7-11-21/h5-17H,3-4,18H2,1-2H3. The smallest absolute Gasteiger partial charge is 0.282 e. The first kappa shape index (κ1) is 22.3. The van der Waals surface area contributed by atoms with Crippen molar-refractivity contribution in [3.8, 4) is 5.75 Å². The van der Waals surface area contributed by atoms with Crippen LogP contribution in [0.5, 0.6) is 5.75 Å². The van der Waals surface area contributed by atoms with E-state index in [9.17, 15) is 14.0 Å². The molecular formula is C27H25FN2O3. The number of para-hydroxylation sites is 3. The number of likely N-dealkylation sites (N-methyl/N-ethyl adjacent to an activating group) is 1. The van der Waals surface area contributed by atoms with Gasteiger partial charge in [0.15, 0.2) is 0 Å². The van der Waals surface area contributed by atoms with Gasteiger partial charge in [0.05, 0.1) is 17.9 Å². The van der Waals surface area contributed by atoms with Crippen LogP contribution in [0.15, 0.2) is 84.6 Å². The van der Waals surface area contributed by atoms with Crippen molar-refractivity contribution in [2.24, 2.45) is 0 Å². The lowest BCUT2D eigenvalue weighted by Crippen LogP contribution is -2.35. The van der Waals surface area contributed by atoms with Crippen molar-refractivity contribution in [1.82, 2.24) is 0 Å². The molecule has 0 unspecified atom stereocenters. The van der Waals surface area contributed by atoms with Gasteiger partial charge in [0.25, 0.3) is 11.8 Å². The number of rotatable bonds is 8. The lowest BCUT2D eigenvalue weighted by molar-refractivity contribution is -0.120. The maximum atomic E-state index is 13.8. The zero-order valence-electron chi connectivity index (χ0n) is 18.6. The molecule has 0 radical (unpaired) electrons. The summed E-state index contributed by atoms with van der Waals surface area (Å²) in [5.74, 6) is -0.868. The minimum atomic E-state index is -0.469. The number of halogens is 1. The van der Waals surface area contributed by atoms with Crippen molar-refractivity contribution in [3.63, 3.8) is 0 Å². The van der Waals surface area contributed by atoms with Crippen molar-refractivity contribution in [2.45, 2.75) is 20.3 Å². The molecule has 0 N–H and O–H groups in total. The molecule has 0 atom stereocenters. The summed E-state index contributed by atoms with van der Waals surface area (Å²) in [4.78, 5) is 30.6. The predicted molar refractivity (Wildman–Crippen MR) is 128 cm³/mol. The Labute approximate surface area is 192 Å². The monoisotopic (exact) mass is 444 g/mol. The van der Waals surface area contributed by atoms with Gasteiger partial charge in [-0.3, -0.25) is 9.59 Å². The van der Waals surface area contributed by atoms with Crippen molar-refractivity contribution in [1.29, 1.82) is 0 Å². The van der Waals surface area contributed by atoms with Crippen LogP contribution in [0.25, 0.3) is 5.57 Å². The first-order chi connectivity index (χ1) is 16.1. The third-order valence-corrected chi connectivity index (χ3v) is 5.41. The van der Waals surface area contributed by atoms with E-state index in [1.54, 1.807) is 24.3 Å². The quantitative estimate of drug-likeness (QED) is 0.435.